The fraction of sp³-hybridized carbons (Fsp3) is 0.526. The molecule has 0 amide bonds. The van der Waals surface area contributed by atoms with Crippen LogP contribution in [0.3, 0.4) is 0 Å². The number of rotatable bonds is 5. The van der Waals surface area contributed by atoms with Crippen molar-refractivity contribution in [2.24, 2.45) is 4.99 Å². The molecule has 0 bridgehead atoms. The molecular weight excluding hydrogens is 330 g/mol. The van der Waals surface area contributed by atoms with E-state index in [0.717, 1.165) is 30.1 Å². The Labute approximate surface area is 154 Å². The van der Waals surface area contributed by atoms with E-state index >= 15 is 0 Å². The topological polar surface area (TPSA) is 84.6 Å². The van der Waals surface area contributed by atoms with Gasteiger partial charge in [0.1, 0.15) is 11.4 Å². The number of para-hydroxylation sites is 1. The number of nitrogens with one attached hydrogen (secondary N) is 2. The second-order valence-electron chi connectivity index (χ2n) is 7.01. The Kier molecular flexibility index (Phi) is 5.44. The maximum Gasteiger partial charge on any atom is 0.226 e. The van der Waals surface area contributed by atoms with Crippen LogP contribution < -0.4 is 15.4 Å². The first-order valence-corrected chi connectivity index (χ1v) is 9.07. The predicted molar refractivity (Wildman–Crippen MR) is 100 cm³/mol. The van der Waals surface area contributed by atoms with Gasteiger partial charge in [0.2, 0.25) is 5.89 Å². The molecule has 1 aliphatic heterocycles. The molecule has 1 aromatic heterocycles. The number of guanidine groups is 1. The highest BCUT2D eigenvalue weighted by molar-refractivity contribution is 5.80. The van der Waals surface area contributed by atoms with Crippen LogP contribution in [0, 0.1) is 0 Å². The van der Waals surface area contributed by atoms with Crippen LogP contribution in [0.2, 0.25) is 0 Å². The molecule has 7 heteroatoms. The molecule has 1 aromatic carbocycles. The summed E-state index contributed by atoms with van der Waals surface area (Å²) in [5.41, 5.74) is 0.923. The summed E-state index contributed by atoms with van der Waals surface area (Å²) < 4.78 is 11.2. The molecule has 0 aliphatic carbocycles. The lowest BCUT2D eigenvalue weighted by Crippen LogP contribution is -2.45. The van der Waals surface area contributed by atoms with Crippen LogP contribution in [0.15, 0.2) is 33.8 Å². The van der Waals surface area contributed by atoms with Gasteiger partial charge in [-0.2, -0.15) is 4.98 Å². The average Bonchev–Trinajstić information content (AvgIpc) is 3.07. The van der Waals surface area contributed by atoms with Gasteiger partial charge < -0.3 is 19.9 Å². The van der Waals surface area contributed by atoms with E-state index in [2.05, 4.69) is 45.7 Å². The van der Waals surface area contributed by atoms with Crippen molar-refractivity contribution in [2.45, 2.75) is 51.7 Å². The van der Waals surface area contributed by atoms with E-state index in [-0.39, 0.29) is 11.6 Å². The number of benzene rings is 1. The zero-order chi connectivity index (χ0) is 18.6. The standard InChI is InChI=1S/C19H27N5O2/c1-5-17-23-16(24-26-17)10-11-21-18(20-4)22-14-12-19(2,3)25-15-9-7-6-8-13(14)15/h6-9,14H,5,10-12H2,1-4H3,(H2,20,21,22). The molecule has 0 spiro atoms. The predicted octanol–water partition coefficient (Wildman–Crippen LogP) is 2.64. The molecule has 1 aliphatic rings. The van der Waals surface area contributed by atoms with Crippen LogP contribution in [0.5, 0.6) is 5.75 Å². The van der Waals surface area contributed by atoms with E-state index in [4.69, 9.17) is 9.26 Å². The minimum absolute atomic E-state index is 0.137. The summed E-state index contributed by atoms with van der Waals surface area (Å²) in [5, 5.41) is 10.8. The highest BCUT2D eigenvalue weighted by Crippen LogP contribution is 2.39. The van der Waals surface area contributed by atoms with Crippen LogP contribution in [0.1, 0.15) is 50.5 Å². The molecule has 3 rings (SSSR count). The lowest BCUT2D eigenvalue weighted by molar-refractivity contribution is 0.0694. The number of hydrogen-bond donors (Lipinski definition) is 2. The second-order valence-corrected chi connectivity index (χ2v) is 7.01. The Morgan fingerprint density at radius 1 is 1.35 bits per heavy atom. The van der Waals surface area contributed by atoms with Gasteiger partial charge in [0.25, 0.3) is 0 Å². The SMILES string of the molecule is CCc1nc(CCNC(=NC)NC2CC(C)(C)Oc3ccccc32)no1. The molecule has 2 aromatic rings. The summed E-state index contributed by atoms with van der Waals surface area (Å²) in [6.45, 7) is 6.88. The second kappa shape index (κ2) is 7.76. The zero-order valence-electron chi connectivity index (χ0n) is 15.9. The van der Waals surface area contributed by atoms with Crippen molar-refractivity contribution >= 4 is 5.96 Å². The summed E-state index contributed by atoms with van der Waals surface area (Å²) >= 11 is 0. The largest absolute Gasteiger partial charge is 0.487 e. The first-order chi connectivity index (χ1) is 12.5. The molecule has 1 atom stereocenters. The van der Waals surface area contributed by atoms with Crippen LogP contribution in [0.4, 0.5) is 0 Å². The Balaban J connectivity index is 1.61. The van der Waals surface area contributed by atoms with Crippen LogP contribution >= 0.6 is 0 Å². The zero-order valence-corrected chi connectivity index (χ0v) is 15.9. The smallest absolute Gasteiger partial charge is 0.226 e. The summed E-state index contributed by atoms with van der Waals surface area (Å²) in [4.78, 5) is 8.67. The van der Waals surface area contributed by atoms with Crippen molar-refractivity contribution in [3.63, 3.8) is 0 Å². The molecule has 0 saturated heterocycles. The first kappa shape index (κ1) is 18.2. The summed E-state index contributed by atoms with van der Waals surface area (Å²) in [6.07, 6.45) is 2.29. The quantitative estimate of drug-likeness (QED) is 0.632. The lowest BCUT2D eigenvalue weighted by atomic mass is 9.90. The molecular formula is C19H27N5O2. The van der Waals surface area contributed by atoms with Gasteiger partial charge >= 0.3 is 0 Å². The van der Waals surface area contributed by atoms with Gasteiger partial charge in [-0.05, 0) is 19.9 Å². The molecule has 26 heavy (non-hydrogen) atoms. The fourth-order valence-corrected chi connectivity index (χ4v) is 3.12. The van der Waals surface area contributed by atoms with Gasteiger partial charge in [0, 0.05) is 38.4 Å². The minimum atomic E-state index is -0.230. The Morgan fingerprint density at radius 2 is 2.15 bits per heavy atom. The number of hydrogen-bond acceptors (Lipinski definition) is 5. The number of aromatic nitrogens is 2. The van der Waals surface area contributed by atoms with Gasteiger partial charge in [0.15, 0.2) is 11.8 Å². The normalized spacial score (nSPS) is 18.8. The molecule has 7 nitrogen and oxygen atoms in total. The number of aryl methyl sites for hydroxylation is 1. The third-order valence-corrected chi connectivity index (χ3v) is 4.36. The highest BCUT2D eigenvalue weighted by atomic mass is 16.5. The van der Waals surface area contributed by atoms with Gasteiger partial charge in [-0.1, -0.05) is 30.3 Å². The summed E-state index contributed by atoms with van der Waals surface area (Å²) in [7, 11) is 1.77. The average molecular weight is 357 g/mol. The van der Waals surface area contributed by atoms with Crippen molar-refractivity contribution in [1.82, 2.24) is 20.8 Å². The number of ether oxygens (including phenoxy) is 1. The van der Waals surface area contributed by atoms with Crippen LogP contribution in [0.25, 0.3) is 0 Å². The van der Waals surface area contributed by atoms with E-state index in [1.54, 1.807) is 7.05 Å². The van der Waals surface area contributed by atoms with Gasteiger partial charge in [0.05, 0.1) is 6.04 Å². The molecule has 0 radical (unpaired) electrons. The van der Waals surface area contributed by atoms with Crippen LogP contribution in [-0.4, -0.2) is 35.3 Å². The molecule has 2 heterocycles. The van der Waals surface area contributed by atoms with Crippen molar-refractivity contribution in [3.8, 4) is 5.75 Å². The number of nitrogens with zero attached hydrogens (tertiary/aromatic N) is 3. The lowest BCUT2D eigenvalue weighted by Gasteiger charge is -2.38. The summed E-state index contributed by atoms with van der Waals surface area (Å²) in [6, 6.07) is 8.29. The maximum atomic E-state index is 6.09. The number of aliphatic imine (C=N–C) groups is 1. The molecule has 0 fully saturated rings. The Bertz CT molecular complexity index is 769. The highest BCUT2D eigenvalue weighted by Gasteiger charge is 2.33. The van der Waals surface area contributed by atoms with E-state index in [1.165, 1.54) is 0 Å². The minimum Gasteiger partial charge on any atom is -0.487 e. The maximum absolute atomic E-state index is 6.09. The Morgan fingerprint density at radius 3 is 2.88 bits per heavy atom. The third kappa shape index (κ3) is 4.33. The fourth-order valence-electron chi connectivity index (χ4n) is 3.12. The van der Waals surface area contributed by atoms with E-state index in [1.807, 2.05) is 25.1 Å². The van der Waals surface area contributed by atoms with Crippen molar-refractivity contribution < 1.29 is 9.26 Å². The van der Waals surface area contributed by atoms with E-state index in [9.17, 15) is 0 Å². The van der Waals surface area contributed by atoms with E-state index in [0.29, 0.717) is 24.7 Å². The molecule has 0 saturated carbocycles. The van der Waals surface area contributed by atoms with Gasteiger partial charge in [-0.25, -0.2) is 0 Å². The first-order valence-electron chi connectivity index (χ1n) is 9.07. The van der Waals surface area contributed by atoms with Crippen LogP contribution in [-0.2, 0) is 12.8 Å². The number of fused-ring (bicyclic) bond motifs is 1. The third-order valence-electron chi connectivity index (χ3n) is 4.36. The Hall–Kier alpha value is -2.57. The molecule has 2 N–H and O–H groups in total. The van der Waals surface area contributed by atoms with Gasteiger partial charge in [-0.15, -0.1) is 0 Å². The molecule has 1 unspecified atom stereocenters. The van der Waals surface area contributed by atoms with Crippen molar-refractivity contribution in [3.05, 3.63) is 41.5 Å². The van der Waals surface area contributed by atoms with Crippen molar-refractivity contribution in [2.75, 3.05) is 13.6 Å². The molecule has 140 valence electrons. The summed E-state index contributed by atoms with van der Waals surface area (Å²) in [5.74, 6) is 3.06. The van der Waals surface area contributed by atoms with Crippen molar-refractivity contribution in [1.29, 1.82) is 0 Å². The monoisotopic (exact) mass is 357 g/mol. The van der Waals surface area contributed by atoms with E-state index < -0.39 is 0 Å². The van der Waals surface area contributed by atoms with Gasteiger partial charge in [-0.3, -0.25) is 4.99 Å².